The maximum Gasteiger partial charge on any atom is 0.250 e. The fourth-order valence-electron chi connectivity index (χ4n) is 2.82. The van der Waals surface area contributed by atoms with Crippen LogP contribution in [0.2, 0.25) is 0 Å². The lowest BCUT2D eigenvalue weighted by Crippen LogP contribution is -2.15. The lowest BCUT2D eigenvalue weighted by Gasteiger charge is -2.09. The number of aromatic nitrogens is 3. The normalized spacial score (nSPS) is 13.6. The molecule has 4 rings (SSSR count). The maximum atomic E-state index is 11.6. The van der Waals surface area contributed by atoms with Gasteiger partial charge in [-0.1, -0.05) is 11.2 Å². The molecule has 7 heteroatoms. The van der Waals surface area contributed by atoms with Crippen molar-refractivity contribution in [2.75, 3.05) is 0 Å². The predicted molar refractivity (Wildman–Crippen MR) is 93.5 cm³/mol. The van der Waals surface area contributed by atoms with Crippen molar-refractivity contribution in [1.82, 2.24) is 15.1 Å². The summed E-state index contributed by atoms with van der Waals surface area (Å²) in [4.78, 5) is 20.4. The molecule has 2 N–H and O–H groups in total. The molecule has 1 fully saturated rings. The highest BCUT2D eigenvalue weighted by Gasteiger charge is 2.29. The fraction of sp³-hybridized carbons (Fsp3) is 0.263. The minimum Gasteiger partial charge on any atom is -0.473 e. The molecule has 1 amide bonds. The molecule has 0 radical (unpaired) electrons. The van der Waals surface area contributed by atoms with E-state index in [0.717, 1.165) is 29.8 Å². The molecule has 0 aromatic carbocycles. The van der Waals surface area contributed by atoms with E-state index in [2.05, 4.69) is 15.1 Å². The molecule has 0 unspecified atom stereocenters. The number of nitrogens with two attached hydrogens (primary N) is 1. The molecule has 26 heavy (non-hydrogen) atoms. The van der Waals surface area contributed by atoms with Gasteiger partial charge in [-0.25, -0.2) is 4.98 Å². The van der Waals surface area contributed by atoms with E-state index in [1.54, 1.807) is 18.3 Å². The van der Waals surface area contributed by atoms with E-state index < -0.39 is 5.91 Å². The van der Waals surface area contributed by atoms with Crippen molar-refractivity contribution in [3.63, 3.8) is 0 Å². The Kier molecular flexibility index (Phi) is 4.12. The number of hydrogen-bond acceptors (Lipinski definition) is 6. The monoisotopic (exact) mass is 350 g/mol. The van der Waals surface area contributed by atoms with Crippen LogP contribution in [0.5, 0.6) is 5.88 Å². The molecule has 0 bridgehead atoms. The first-order chi connectivity index (χ1) is 12.6. The number of carbonyl (C=O) groups is 1. The molecule has 7 nitrogen and oxygen atoms in total. The standard InChI is InChI=1S/C19H18N4O3/c1-11-14(18(23-26-11)15-4-2-3-9-21-15)10-25-16-8-7-13(19(20)24)17(22-16)12-5-6-12/h2-4,7-9,12H,5-6,10H2,1H3,(H2,20,24). The largest absolute Gasteiger partial charge is 0.473 e. The van der Waals surface area contributed by atoms with E-state index >= 15 is 0 Å². The summed E-state index contributed by atoms with van der Waals surface area (Å²) >= 11 is 0. The molecule has 0 spiro atoms. The summed E-state index contributed by atoms with van der Waals surface area (Å²) in [6, 6.07) is 8.94. The number of pyridine rings is 2. The molecule has 0 saturated heterocycles. The summed E-state index contributed by atoms with van der Waals surface area (Å²) < 4.78 is 11.2. The average molecular weight is 350 g/mol. The van der Waals surface area contributed by atoms with Crippen molar-refractivity contribution in [2.45, 2.75) is 32.3 Å². The second-order valence-electron chi connectivity index (χ2n) is 6.29. The van der Waals surface area contributed by atoms with Gasteiger partial charge in [-0.2, -0.15) is 0 Å². The van der Waals surface area contributed by atoms with Crippen LogP contribution in [0.3, 0.4) is 0 Å². The summed E-state index contributed by atoms with van der Waals surface area (Å²) in [5.74, 6) is 0.951. The zero-order valence-corrected chi connectivity index (χ0v) is 14.3. The van der Waals surface area contributed by atoms with Crippen molar-refractivity contribution in [2.24, 2.45) is 5.73 Å². The third kappa shape index (κ3) is 3.15. The van der Waals surface area contributed by atoms with E-state index in [4.69, 9.17) is 15.0 Å². The Hall–Kier alpha value is -3.22. The Bertz CT molecular complexity index is 949. The number of carbonyl (C=O) groups excluding carboxylic acids is 1. The van der Waals surface area contributed by atoms with Crippen LogP contribution in [0.1, 0.15) is 46.1 Å². The topological polar surface area (TPSA) is 104 Å². The van der Waals surface area contributed by atoms with Crippen molar-refractivity contribution in [3.8, 4) is 17.3 Å². The van der Waals surface area contributed by atoms with E-state index in [1.807, 2.05) is 25.1 Å². The van der Waals surface area contributed by atoms with Gasteiger partial charge in [0, 0.05) is 18.2 Å². The Morgan fingerprint density at radius 3 is 2.85 bits per heavy atom. The summed E-state index contributed by atoms with van der Waals surface area (Å²) in [5, 5.41) is 4.09. The van der Waals surface area contributed by atoms with Crippen molar-refractivity contribution < 1.29 is 14.1 Å². The Labute approximate surface area is 150 Å². The molecule has 1 aliphatic carbocycles. The van der Waals surface area contributed by atoms with Gasteiger partial charge in [0.1, 0.15) is 18.1 Å². The zero-order chi connectivity index (χ0) is 18.1. The maximum absolute atomic E-state index is 11.6. The van der Waals surface area contributed by atoms with Gasteiger partial charge in [-0.15, -0.1) is 0 Å². The molecular weight excluding hydrogens is 332 g/mol. The summed E-state index contributed by atoms with van der Waals surface area (Å²) in [6.45, 7) is 2.08. The van der Waals surface area contributed by atoms with Crippen LogP contribution in [0.15, 0.2) is 41.1 Å². The quantitative estimate of drug-likeness (QED) is 0.733. The first kappa shape index (κ1) is 16.3. The van der Waals surface area contributed by atoms with Gasteiger partial charge in [-0.3, -0.25) is 9.78 Å². The second-order valence-corrected chi connectivity index (χ2v) is 6.29. The Morgan fingerprint density at radius 2 is 2.15 bits per heavy atom. The van der Waals surface area contributed by atoms with Crippen molar-refractivity contribution in [1.29, 1.82) is 0 Å². The first-order valence-corrected chi connectivity index (χ1v) is 8.43. The SMILES string of the molecule is Cc1onc(-c2ccccn2)c1COc1ccc(C(N)=O)c(C2CC2)n1. The smallest absolute Gasteiger partial charge is 0.250 e. The number of primary amides is 1. The van der Waals surface area contributed by atoms with Crippen LogP contribution < -0.4 is 10.5 Å². The highest BCUT2D eigenvalue weighted by Crippen LogP contribution is 2.41. The van der Waals surface area contributed by atoms with Gasteiger partial charge < -0.3 is 15.0 Å². The predicted octanol–water partition coefficient (Wildman–Crippen LogP) is 3.00. The molecule has 3 heterocycles. The van der Waals surface area contributed by atoms with Crippen LogP contribution in [0.4, 0.5) is 0 Å². The molecule has 0 aliphatic heterocycles. The molecule has 1 saturated carbocycles. The van der Waals surface area contributed by atoms with Gasteiger partial charge >= 0.3 is 0 Å². The number of ether oxygens (including phenoxy) is 1. The van der Waals surface area contributed by atoms with E-state index in [9.17, 15) is 4.79 Å². The molecular formula is C19H18N4O3. The molecule has 1 aliphatic rings. The number of amides is 1. The van der Waals surface area contributed by atoms with Gasteiger partial charge in [-0.05, 0) is 38.0 Å². The van der Waals surface area contributed by atoms with Crippen LogP contribution in [0.25, 0.3) is 11.4 Å². The summed E-state index contributed by atoms with van der Waals surface area (Å²) in [6.07, 6.45) is 3.74. The Balaban J connectivity index is 1.58. The third-order valence-corrected chi connectivity index (χ3v) is 4.39. The molecule has 3 aromatic rings. The minimum absolute atomic E-state index is 0.244. The summed E-state index contributed by atoms with van der Waals surface area (Å²) in [7, 11) is 0. The number of rotatable bonds is 6. The first-order valence-electron chi connectivity index (χ1n) is 8.43. The van der Waals surface area contributed by atoms with Crippen LogP contribution in [-0.4, -0.2) is 21.0 Å². The van der Waals surface area contributed by atoms with E-state index in [0.29, 0.717) is 28.8 Å². The lowest BCUT2D eigenvalue weighted by atomic mass is 10.1. The fourth-order valence-corrected chi connectivity index (χ4v) is 2.82. The van der Waals surface area contributed by atoms with Crippen LogP contribution in [-0.2, 0) is 6.61 Å². The minimum atomic E-state index is -0.460. The van der Waals surface area contributed by atoms with Crippen molar-refractivity contribution >= 4 is 5.91 Å². The van der Waals surface area contributed by atoms with Gasteiger partial charge in [0.05, 0.1) is 22.5 Å². The highest BCUT2D eigenvalue weighted by molar-refractivity contribution is 5.94. The van der Waals surface area contributed by atoms with Crippen LogP contribution in [0, 0.1) is 6.92 Å². The number of nitrogens with zero attached hydrogens (tertiary/aromatic N) is 3. The number of hydrogen-bond donors (Lipinski definition) is 1. The van der Waals surface area contributed by atoms with E-state index in [-0.39, 0.29) is 6.61 Å². The average Bonchev–Trinajstić information content (AvgIpc) is 3.44. The molecule has 132 valence electrons. The van der Waals surface area contributed by atoms with Crippen molar-refractivity contribution in [3.05, 3.63) is 59.1 Å². The molecule has 0 atom stereocenters. The lowest BCUT2D eigenvalue weighted by molar-refractivity contribution is 0.0998. The number of aryl methyl sites for hydroxylation is 1. The van der Waals surface area contributed by atoms with Gasteiger partial charge in [0.25, 0.3) is 5.91 Å². The van der Waals surface area contributed by atoms with E-state index in [1.165, 1.54) is 0 Å². The Morgan fingerprint density at radius 1 is 1.31 bits per heavy atom. The molecule has 3 aromatic heterocycles. The highest BCUT2D eigenvalue weighted by atomic mass is 16.5. The third-order valence-electron chi connectivity index (χ3n) is 4.39. The summed E-state index contributed by atoms with van der Waals surface area (Å²) in [5.41, 5.74) is 8.82. The van der Waals surface area contributed by atoms with Gasteiger partial charge in [0.2, 0.25) is 5.88 Å². The zero-order valence-electron chi connectivity index (χ0n) is 14.3. The second kappa shape index (κ2) is 6.59. The van der Waals surface area contributed by atoms with Crippen LogP contribution >= 0.6 is 0 Å². The van der Waals surface area contributed by atoms with Gasteiger partial charge in [0.15, 0.2) is 0 Å².